The van der Waals surface area contributed by atoms with Crippen LogP contribution in [-0.2, 0) is 11.3 Å². The first-order valence-electron chi connectivity index (χ1n) is 6.46. The third-order valence-electron chi connectivity index (χ3n) is 3.37. The second kappa shape index (κ2) is 6.76. The third kappa shape index (κ3) is 4.00. The number of nitrogens with one attached hydrogen (secondary N) is 2. The van der Waals surface area contributed by atoms with Gasteiger partial charge in [0.25, 0.3) is 0 Å². The van der Waals surface area contributed by atoms with Crippen LogP contribution in [0.15, 0.2) is 24.3 Å². The second-order valence-corrected chi connectivity index (χ2v) is 5.17. The summed E-state index contributed by atoms with van der Waals surface area (Å²) in [5.74, 6) is 0.652. The van der Waals surface area contributed by atoms with Gasteiger partial charge in [-0.3, -0.25) is 4.79 Å². The van der Waals surface area contributed by atoms with Crippen molar-refractivity contribution in [2.45, 2.75) is 25.8 Å². The van der Waals surface area contributed by atoms with Gasteiger partial charge in [0.05, 0.1) is 0 Å². The highest BCUT2D eigenvalue weighted by molar-refractivity contribution is 6.31. The van der Waals surface area contributed by atoms with E-state index in [1.165, 1.54) is 0 Å². The van der Waals surface area contributed by atoms with Gasteiger partial charge in [-0.1, -0.05) is 29.8 Å². The lowest BCUT2D eigenvalue weighted by Gasteiger charge is -2.21. The van der Waals surface area contributed by atoms with Crippen molar-refractivity contribution >= 4 is 17.5 Å². The fourth-order valence-electron chi connectivity index (χ4n) is 2.26. The minimum atomic E-state index is 0.127. The van der Waals surface area contributed by atoms with E-state index in [0.717, 1.165) is 31.5 Å². The molecule has 98 valence electrons. The van der Waals surface area contributed by atoms with E-state index in [4.69, 9.17) is 11.6 Å². The highest BCUT2D eigenvalue weighted by Gasteiger charge is 2.16. The Balaban J connectivity index is 1.76. The first kappa shape index (κ1) is 13.4. The van der Waals surface area contributed by atoms with Gasteiger partial charge in [-0.15, -0.1) is 0 Å². The number of benzene rings is 1. The van der Waals surface area contributed by atoms with Gasteiger partial charge in [0, 0.05) is 18.0 Å². The molecule has 1 aromatic rings. The Morgan fingerprint density at radius 1 is 1.33 bits per heavy atom. The largest absolute Gasteiger partial charge is 0.352 e. The standard InChI is InChI=1S/C14H19ClN2O/c15-13-4-2-1-3-12(13)10-17-14(18)9-11-5-7-16-8-6-11/h1-4,11,16H,5-10H2,(H,17,18). The fourth-order valence-corrected chi connectivity index (χ4v) is 2.46. The van der Waals surface area contributed by atoms with Gasteiger partial charge >= 0.3 is 0 Å². The van der Waals surface area contributed by atoms with Crippen molar-refractivity contribution in [2.24, 2.45) is 5.92 Å². The topological polar surface area (TPSA) is 41.1 Å². The molecule has 0 unspecified atom stereocenters. The lowest BCUT2D eigenvalue weighted by molar-refractivity contribution is -0.122. The molecule has 1 saturated heterocycles. The fraction of sp³-hybridized carbons (Fsp3) is 0.500. The van der Waals surface area contributed by atoms with Gasteiger partial charge in [-0.05, 0) is 43.5 Å². The van der Waals surface area contributed by atoms with Crippen LogP contribution in [0.3, 0.4) is 0 Å². The van der Waals surface area contributed by atoms with Crippen LogP contribution in [0.2, 0.25) is 5.02 Å². The average Bonchev–Trinajstić information content (AvgIpc) is 2.39. The van der Waals surface area contributed by atoms with Crippen molar-refractivity contribution in [2.75, 3.05) is 13.1 Å². The number of hydrogen-bond donors (Lipinski definition) is 2. The Morgan fingerprint density at radius 3 is 2.78 bits per heavy atom. The summed E-state index contributed by atoms with van der Waals surface area (Å²) in [7, 11) is 0. The van der Waals surface area contributed by atoms with Gasteiger partial charge in [-0.25, -0.2) is 0 Å². The van der Waals surface area contributed by atoms with Gasteiger partial charge < -0.3 is 10.6 Å². The molecule has 4 heteroatoms. The maximum Gasteiger partial charge on any atom is 0.220 e. The van der Waals surface area contributed by atoms with Crippen LogP contribution in [0, 0.1) is 5.92 Å². The minimum Gasteiger partial charge on any atom is -0.352 e. The Labute approximate surface area is 113 Å². The quantitative estimate of drug-likeness (QED) is 0.878. The predicted octanol–water partition coefficient (Wildman–Crippen LogP) is 2.35. The summed E-state index contributed by atoms with van der Waals surface area (Å²) >= 11 is 6.04. The number of piperidine rings is 1. The van der Waals surface area contributed by atoms with E-state index in [0.29, 0.717) is 23.9 Å². The molecule has 1 amide bonds. The smallest absolute Gasteiger partial charge is 0.220 e. The van der Waals surface area contributed by atoms with Crippen molar-refractivity contribution in [1.82, 2.24) is 10.6 Å². The van der Waals surface area contributed by atoms with Crippen molar-refractivity contribution in [3.8, 4) is 0 Å². The Kier molecular flexibility index (Phi) is 5.02. The van der Waals surface area contributed by atoms with Crippen LogP contribution in [0.1, 0.15) is 24.8 Å². The predicted molar refractivity (Wildman–Crippen MR) is 73.5 cm³/mol. The zero-order valence-electron chi connectivity index (χ0n) is 10.4. The van der Waals surface area contributed by atoms with Crippen LogP contribution in [-0.4, -0.2) is 19.0 Å². The lowest BCUT2D eigenvalue weighted by atomic mass is 9.94. The molecule has 0 aromatic heterocycles. The molecule has 0 spiro atoms. The summed E-state index contributed by atoms with van der Waals surface area (Å²) in [5, 5.41) is 6.96. The molecule has 1 heterocycles. The number of amides is 1. The normalized spacial score (nSPS) is 16.5. The van der Waals surface area contributed by atoms with Crippen LogP contribution < -0.4 is 10.6 Å². The average molecular weight is 267 g/mol. The number of carbonyl (C=O) groups excluding carboxylic acids is 1. The molecule has 0 saturated carbocycles. The van der Waals surface area contributed by atoms with Crippen LogP contribution in [0.25, 0.3) is 0 Å². The zero-order chi connectivity index (χ0) is 12.8. The Morgan fingerprint density at radius 2 is 2.06 bits per heavy atom. The number of carbonyl (C=O) groups is 1. The van der Waals surface area contributed by atoms with E-state index < -0.39 is 0 Å². The minimum absolute atomic E-state index is 0.127. The Hall–Kier alpha value is -1.06. The van der Waals surface area contributed by atoms with Crippen molar-refractivity contribution in [3.05, 3.63) is 34.9 Å². The van der Waals surface area contributed by atoms with Gasteiger partial charge in [0.1, 0.15) is 0 Å². The van der Waals surface area contributed by atoms with Crippen molar-refractivity contribution in [3.63, 3.8) is 0 Å². The van der Waals surface area contributed by atoms with Crippen molar-refractivity contribution < 1.29 is 4.79 Å². The molecule has 0 aliphatic carbocycles. The summed E-state index contributed by atoms with van der Waals surface area (Å²) in [4.78, 5) is 11.8. The maximum atomic E-state index is 11.8. The molecule has 0 atom stereocenters. The summed E-state index contributed by atoms with van der Waals surface area (Å²) in [6, 6.07) is 7.60. The van der Waals surface area contributed by atoms with E-state index >= 15 is 0 Å². The molecule has 0 radical (unpaired) electrons. The molecule has 1 fully saturated rings. The summed E-state index contributed by atoms with van der Waals surface area (Å²) < 4.78 is 0. The summed E-state index contributed by atoms with van der Waals surface area (Å²) in [6.45, 7) is 2.58. The highest BCUT2D eigenvalue weighted by Crippen LogP contribution is 2.17. The molecule has 2 N–H and O–H groups in total. The molecule has 3 nitrogen and oxygen atoms in total. The molecule has 1 aliphatic heterocycles. The molecule has 2 rings (SSSR count). The maximum absolute atomic E-state index is 11.8. The van der Waals surface area contributed by atoms with E-state index in [9.17, 15) is 4.79 Å². The number of halogens is 1. The molecule has 0 bridgehead atoms. The van der Waals surface area contributed by atoms with E-state index in [1.54, 1.807) is 0 Å². The molecular formula is C14H19ClN2O. The first-order chi connectivity index (χ1) is 8.75. The van der Waals surface area contributed by atoms with Gasteiger partial charge in [-0.2, -0.15) is 0 Å². The lowest BCUT2D eigenvalue weighted by Crippen LogP contribution is -2.32. The molecular weight excluding hydrogens is 248 g/mol. The van der Waals surface area contributed by atoms with E-state index in [-0.39, 0.29) is 5.91 Å². The van der Waals surface area contributed by atoms with Crippen LogP contribution >= 0.6 is 11.6 Å². The Bertz CT molecular complexity index is 403. The monoisotopic (exact) mass is 266 g/mol. The zero-order valence-corrected chi connectivity index (χ0v) is 11.2. The summed E-state index contributed by atoms with van der Waals surface area (Å²) in [5.41, 5.74) is 0.970. The van der Waals surface area contributed by atoms with E-state index in [1.807, 2.05) is 24.3 Å². The third-order valence-corrected chi connectivity index (χ3v) is 3.74. The van der Waals surface area contributed by atoms with Gasteiger partial charge in [0.15, 0.2) is 0 Å². The summed E-state index contributed by atoms with van der Waals surface area (Å²) in [6.07, 6.45) is 2.82. The number of rotatable bonds is 4. The van der Waals surface area contributed by atoms with E-state index in [2.05, 4.69) is 10.6 Å². The number of hydrogen-bond acceptors (Lipinski definition) is 2. The molecule has 1 aromatic carbocycles. The van der Waals surface area contributed by atoms with Crippen LogP contribution in [0.4, 0.5) is 0 Å². The molecule has 1 aliphatic rings. The van der Waals surface area contributed by atoms with Crippen molar-refractivity contribution in [1.29, 1.82) is 0 Å². The first-order valence-corrected chi connectivity index (χ1v) is 6.84. The molecule has 18 heavy (non-hydrogen) atoms. The SMILES string of the molecule is O=C(CC1CCNCC1)NCc1ccccc1Cl. The highest BCUT2D eigenvalue weighted by atomic mass is 35.5. The van der Waals surface area contributed by atoms with Gasteiger partial charge in [0.2, 0.25) is 5.91 Å². The van der Waals surface area contributed by atoms with Crippen LogP contribution in [0.5, 0.6) is 0 Å². The second-order valence-electron chi connectivity index (χ2n) is 4.77.